The van der Waals surface area contributed by atoms with Crippen LogP contribution < -0.4 is 5.32 Å². The normalized spacial score (nSPS) is 11.9. The van der Waals surface area contributed by atoms with E-state index in [-0.39, 0.29) is 4.47 Å². The van der Waals surface area contributed by atoms with E-state index in [9.17, 15) is 13.2 Å². The number of benzene rings is 1. The van der Waals surface area contributed by atoms with Crippen molar-refractivity contribution in [2.75, 3.05) is 6.54 Å². The third kappa shape index (κ3) is 4.07. The third-order valence-corrected chi connectivity index (χ3v) is 3.50. The van der Waals surface area contributed by atoms with Crippen LogP contribution in [0.3, 0.4) is 0 Å². The summed E-state index contributed by atoms with van der Waals surface area (Å²) < 4.78 is 44.1. The van der Waals surface area contributed by atoms with E-state index in [0.29, 0.717) is 23.8 Å². The van der Waals surface area contributed by atoms with Gasteiger partial charge < -0.3 is 9.73 Å². The fraction of sp³-hybridized carbons (Fsp3) is 0.357. The summed E-state index contributed by atoms with van der Waals surface area (Å²) in [6, 6.07) is 3.96. The second-order valence-electron chi connectivity index (χ2n) is 4.49. The number of nitrogens with one attached hydrogen (secondary N) is 1. The van der Waals surface area contributed by atoms with Gasteiger partial charge in [0.15, 0.2) is 5.76 Å². The van der Waals surface area contributed by atoms with E-state index >= 15 is 0 Å². The number of aromatic nitrogens is 1. The van der Waals surface area contributed by atoms with E-state index in [1.165, 1.54) is 12.3 Å². The van der Waals surface area contributed by atoms with E-state index in [4.69, 9.17) is 4.42 Å². The summed E-state index contributed by atoms with van der Waals surface area (Å²) in [4.78, 5) is 4.06. The first kappa shape index (κ1) is 16.0. The number of hydrogen-bond donors (Lipinski definition) is 1. The molecule has 2 aromatic rings. The summed E-state index contributed by atoms with van der Waals surface area (Å²) in [6.07, 6.45) is -2.00. The molecule has 0 bridgehead atoms. The zero-order valence-electron chi connectivity index (χ0n) is 11.3. The van der Waals surface area contributed by atoms with Gasteiger partial charge in [-0.1, -0.05) is 28.9 Å². The predicted molar refractivity (Wildman–Crippen MR) is 76.6 cm³/mol. The number of oxazole rings is 1. The lowest BCUT2D eigenvalue weighted by Crippen LogP contribution is -2.13. The van der Waals surface area contributed by atoms with Gasteiger partial charge in [0.2, 0.25) is 5.89 Å². The second kappa shape index (κ2) is 6.62. The van der Waals surface area contributed by atoms with Crippen molar-refractivity contribution >= 4 is 15.9 Å². The molecule has 0 saturated carbocycles. The van der Waals surface area contributed by atoms with Crippen molar-refractivity contribution in [3.63, 3.8) is 0 Å². The van der Waals surface area contributed by atoms with Crippen LogP contribution in [0.5, 0.6) is 0 Å². The summed E-state index contributed by atoms with van der Waals surface area (Å²) >= 11 is 2.91. The van der Waals surface area contributed by atoms with Gasteiger partial charge in [-0.05, 0) is 25.1 Å². The maximum atomic E-state index is 12.9. The molecule has 0 saturated heterocycles. The number of nitrogens with zero attached hydrogens (tertiary/aromatic N) is 1. The molecule has 21 heavy (non-hydrogen) atoms. The van der Waals surface area contributed by atoms with Crippen LogP contribution in [0.4, 0.5) is 13.2 Å². The molecule has 7 heteroatoms. The standard InChI is InChI=1S/C14H14BrF3N2O/c1-2-5-19-8-13-20-7-12(21-13)9-3-4-11(15)10(6-9)14(16,17)18/h3-4,6-7,19H,2,5,8H2,1H3. The SMILES string of the molecule is CCCNCc1ncc(-c2ccc(Br)c(C(F)(F)F)c2)o1. The number of hydrogen-bond acceptors (Lipinski definition) is 3. The molecule has 2 rings (SSSR count). The lowest BCUT2D eigenvalue weighted by molar-refractivity contribution is -0.138. The Bertz CT molecular complexity index is 611. The van der Waals surface area contributed by atoms with Gasteiger partial charge in [-0.2, -0.15) is 13.2 Å². The highest BCUT2D eigenvalue weighted by Gasteiger charge is 2.33. The highest BCUT2D eigenvalue weighted by atomic mass is 79.9. The third-order valence-electron chi connectivity index (χ3n) is 2.81. The molecule has 114 valence electrons. The van der Waals surface area contributed by atoms with Crippen molar-refractivity contribution in [2.45, 2.75) is 26.1 Å². The van der Waals surface area contributed by atoms with Crippen LogP contribution in [-0.2, 0) is 12.7 Å². The van der Waals surface area contributed by atoms with Gasteiger partial charge in [0.05, 0.1) is 18.3 Å². The predicted octanol–water partition coefficient (Wildman–Crippen LogP) is 4.62. The topological polar surface area (TPSA) is 38.1 Å². The van der Waals surface area contributed by atoms with Crippen LogP contribution in [-0.4, -0.2) is 11.5 Å². The van der Waals surface area contributed by atoms with Gasteiger partial charge in [0.1, 0.15) is 0 Å². The average Bonchev–Trinajstić information content (AvgIpc) is 2.87. The molecule has 0 spiro atoms. The first-order valence-electron chi connectivity index (χ1n) is 6.44. The van der Waals surface area contributed by atoms with E-state index in [0.717, 1.165) is 19.0 Å². The molecule has 0 aliphatic heterocycles. The van der Waals surface area contributed by atoms with E-state index in [1.54, 1.807) is 6.07 Å². The highest BCUT2D eigenvalue weighted by Crippen LogP contribution is 2.37. The second-order valence-corrected chi connectivity index (χ2v) is 5.34. The van der Waals surface area contributed by atoms with Crippen LogP contribution in [0.1, 0.15) is 24.8 Å². The van der Waals surface area contributed by atoms with Gasteiger partial charge in [-0.15, -0.1) is 0 Å². The molecular formula is C14H14BrF3N2O. The first-order valence-corrected chi connectivity index (χ1v) is 7.23. The molecule has 1 aromatic carbocycles. The molecule has 0 fully saturated rings. The quantitative estimate of drug-likeness (QED) is 0.788. The largest absolute Gasteiger partial charge is 0.439 e. The fourth-order valence-electron chi connectivity index (χ4n) is 1.79. The molecule has 1 aromatic heterocycles. The molecule has 1 heterocycles. The molecule has 3 nitrogen and oxygen atoms in total. The van der Waals surface area contributed by atoms with E-state index in [2.05, 4.69) is 26.2 Å². The monoisotopic (exact) mass is 362 g/mol. The molecule has 0 aliphatic carbocycles. The fourth-order valence-corrected chi connectivity index (χ4v) is 2.26. The molecule has 1 N–H and O–H groups in total. The van der Waals surface area contributed by atoms with Crippen LogP contribution in [0.15, 0.2) is 33.3 Å². The van der Waals surface area contributed by atoms with Gasteiger partial charge in [-0.3, -0.25) is 0 Å². The smallest absolute Gasteiger partial charge is 0.417 e. The lowest BCUT2D eigenvalue weighted by atomic mass is 10.1. The lowest BCUT2D eigenvalue weighted by Gasteiger charge is -2.10. The summed E-state index contributed by atoms with van der Waals surface area (Å²) in [7, 11) is 0. The first-order chi connectivity index (χ1) is 9.91. The van der Waals surface area contributed by atoms with Crippen molar-refractivity contribution in [1.82, 2.24) is 10.3 Å². The van der Waals surface area contributed by atoms with Gasteiger partial charge in [-0.25, -0.2) is 4.98 Å². The van der Waals surface area contributed by atoms with Crippen molar-refractivity contribution in [3.8, 4) is 11.3 Å². The van der Waals surface area contributed by atoms with Crippen molar-refractivity contribution in [3.05, 3.63) is 40.3 Å². The molecule has 0 radical (unpaired) electrons. The summed E-state index contributed by atoms with van der Waals surface area (Å²) in [5, 5.41) is 3.12. The Balaban J connectivity index is 2.22. The van der Waals surface area contributed by atoms with Crippen molar-refractivity contribution < 1.29 is 17.6 Å². The summed E-state index contributed by atoms with van der Waals surface area (Å²) in [5.74, 6) is 0.774. The van der Waals surface area contributed by atoms with Crippen molar-refractivity contribution in [2.24, 2.45) is 0 Å². The molecule has 0 amide bonds. The minimum Gasteiger partial charge on any atom is -0.439 e. The van der Waals surface area contributed by atoms with Crippen LogP contribution in [0.2, 0.25) is 0 Å². The maximum absolute atomic E-state index is 12.9. The zero-order valence-corrected chi connectivity index (χ0v) is 12.9. The Morgan fingerprint density at radius 1 is 1.33 bits per heavy atom. The van der Waals surface area contributed by atoms with Gasteiger partial charge in [0, 0.05) is 10.0 Å². The number of alkyl halides is 3. The molecule has 0 unspecified atom stereocenters. The van der Waals surface area contributed by atoms with Crippen molar-refractivity contribution in [1.29, 1.82) is 0 Å². The Morgan fingerprint density at radius 2 is 2.10 bits per heavy atom. The van der Waals surface area contributed by atoms with Gasteiger partial charge in [0.25, 0.3) is 0 Å². The summed E-state index contributed by atoms with van der Waals surface area (Å²) in [6.45, 7) is 3.32. The molecule has 0 aliphatic rings. The molecule has 0 atom stereocenters. The minimum atomic E-state index is -4.42. The van der Waals surface area contributed by atoms with Crippen LogP contribution in [0.25, 0.3) is 11.3 Å². The van der Waals surface area contributed by atoms with E-state index < -0.39 is 11.7 Å². The zero-order chi connectivity index (χ0) is 15.5. The highest BCUT2D eigenvalue weighted by molar-refractivity contribution is 9.10. The Morgan fingerprint density at radius 3 is 2.76 bits per heavy atom. The Labute approximate surface area is 128 Å². The van der Waals surface area contributed by atoms with E-state index in [1.807, 2.05) is 6.92 Å². The van der Waals surface area contributed by atoms with Crippen LogP contribution in [0, 0.1) is 0 Å². The van der Waals surface area contributed by atoms with Crippen LogP contribution >= 0.6 is 15.9 Å². The maximum Gasteiger partial charge on any atom is 0.417 e. The van der Waals surface area contributed by atoms with Gasteiger partial charge >= 0.3 is 6.18 Å². The minimum absolute atomic E-state index is 0.00287. The number of rotatable bonds is 5. The Hall–Kier alpha value is -1.34. The summed E-state index contributed by atoms with van der Waals surface area (Å²) in [5.41, 5.74) is -0.387. The number of halogens is 4. The average molecular weight is 363 g/mol. The molecular weight excluding hydrogens is 349 g/mol. The Kier molecular flexibility index (Phi) is 5.05.